The van der Waals surface area contributed by atoms with E-state index < -0.39 is 0 Å². The summed E-state index contributed by atoms with van der Waals surface area (Å²) in [6.07, 6.45) is 3.52. The molecule has 0 unspecified atom stereocenters. The van der Waals surface area contributed by atoms with Gasteiger partial charge in [0.15, 0.2) is 5.69 Å². The lowest BCUT2D eigenvalue weighted by atomic mass is 10.1. The van der Waals surface area contributed by atoms with E-state index in [4.69, 9.17) is 11.6 Å². The maximum absolute atomic E-state index is 12.9. The summed E-state index contributed by atoms with van der Waals surface area (Å²) in [4.78, 5) is 18.9. The van der Waals surface area contributed by atoms with Crippen LogP contribution in [0.5, 0.6) is 0 Å². The molecule has 1 N–H and O–H groups in total. The Morgan fingerprint density at radius 2 is 1.93 bits per heavy atom. The molecule has 146 valence electrons. The zero-order valence-electron chi connectivity index (χ0n) is 16.2. The number of carbonyl (C=O) groups excluding carboxylic acids is 1. The van der Waals surface area contributed by atoms with Crippen molar-refractivity contribution in [1.29, 1.82) is 0 Å². The van der Waals surface area contributed by atoms with E-state index in [9.17, 15) is 4.79 Å². The smallest absolute Gasteiger partial charge is 0.278 e. The number of para-hydroxylation sites is 1. The number of pyridine rings is 1. The van der Waals surface area contributed by atoms with Gasteiger partial charge >= 0.3 is 0 Å². The second kappa shape index (κ2) is 7.52. The molecule has 29 heavy (non-hydrogen) atoms. The average molecular weight is 407 g/mol. The number of nitrogens with one attached hydrogen (secondary N) is 1. The molecule has 8 heteroatoms. The number of amides is 1. The SMILES string of the molecule is Cc1c(C(=O)Nc2cccc(Cl)c2N(C)C)nnn1-c1cccc2cnccc12. The van der Waals surface area contributed by atoms with Crippen molar-refractivity contribution in [3.8, 4) is 5.69 Å². The van der Waals surface area contributed by atoms with Gasteiger partial charge in [-0.2, -0.15) is 0 Å². The van der Waals surface area contributed by atoms with Gasteiger partial charge in [0.2, 0.25) is 0 Å². The minimum absolute atomic E-state index is 0.251. The van der Waals surface area contributed by atoms with Crippen molar-refractivity contribution in [3.63, 3.8) is 0 Å². The number of rotatable bonds is 4. The fourth-order valence-corrected chi connectivity index (χ4v) is 3.65. The number of fused-ring (bicyclic) bond motifs is 1. The van der Waals surface area contributed by atoms with Crippen LogP contribution in [0.1, 0.15) is 16.2 Å². The average Bonchev–Trinajstić information content (AvgIpc) is 3.08. The predicted molar refractivity (Wildman–Crippen MR) is 115 cm³/mol. The fraction of sp³-hybridized carbons (Fsp3) is 0.143. The van der Waals surface area contributed by atoms with E-state index >= 15 is 0 Å². The summed E-state index contributed by atoms with van der Waals surface area (Å²) in [5.41, 5.74) is 3.07. The summed E-state index contributed by atoms with van der Waals surface area (Å²) in [6.45, 7) is 1.82. The maximum atomic E-state index is 12.9. The molecule has 2 heterocycles. The molecule has 7 nitrogen and oxygen atoms in total. The summed E-state index contributed by atoms with van der Waals surface area (Å²) in [6, 6.07) is 13.1. The van der Waals surface area contributed by atoms with E-state index in [0.717, 1.165) is 22.1 Å². The van der Waals surface area contributed by atoms with Crippen LogP contribution >= 0.6 is 11.6 Å². The van der Waals surface area contributed by atoms with Crippen molar-refractivity contribution < 1.29 is 4.79 Å². The lowest BCUT2D eigenvalue weighted by Gasteiger charge is -2.19. The highest BCUT2D eigenvalue weighted by atomic mass is 35.5. The zero-order valence-corrected chi connectivity index (χ0v) is 17.0. The van der Waals surface area contributed by atoms with Crippen LogP contribution in [0.3, 0.4) is 0 Å². The van der Waals surface area contributed by atoms with Gasteiger partial charge in [0.1, 0.15) is 0 Å². The molecule has 0 bridgehead atoms. The molecular formula is C21H19ClN6O. The largest absolute Gasteiger partial charge is 0.375 e. The van der Waals surface area contributed by atoms with E-state index in [1.807, 2.05) is 50.2 Å². The third kappa shape index (κ3) is 3.40. The Bertz CT molecular complexity index is 1210. The molecule has 2 aromatic heterocycles. The maximum Gasteiger partial charge on any atom is 0.278 e. The quantitative estimate of drug-likeness (QED) is 0.552. The van der Waals surface area contributed by atoms with Gasteiger partial charge in [0.25, 0.3) is 5.91 Å². The monoisotopic (exact) mass is 406 g/mol. The standard InChI is InChI=1S/C21H19ClN6O/c1-13-19(21(29)24-17-8-5-7-16(22)20(17)27(2)3)25-26-28(13)18-9-4-6-14-12-23-11-10-15(14)18/h4-12H,1-3H3,(H,24,29). The van der Waals surface area contributed by atoms with Crippen LogP contribution in [0.2, 0.25) is 5.02 Å². The molecule has 0 fully saturated rings. The van der Waals surface area contributed by atoms with Crippen molar-refractivity contribution in [2.45, 2.75) is 6.92 Å². The molecular weight excluding hydrogens is 388 g/mol. The number of nitrogens with zero attached hydrogens (tertiary/aromatic N) is 5. The molecule has 0 saturated carbocycles. The van der Waals surface area contributed by atoms with Crippen molar-refractivity contribution in [2.24, 2.45) is 0 Å². The predicted octanol–water partition coefficient (Wildman–Crippen LogP) is 4.10. The van der Waals surface area contributed by atoms with E-state index in [-0.39, 0.29) is 11.6 Å². The van der Waals surface area contributed by atoms with Crippen molar-refractivity contribution >= 4 is 39.7 Å². The Morgan fingerprint density at radius 1 is 1.14 bits per heavy atom. The summed E-state index contributed by atoms with van der Waals surface area (Å²) in [7, 11) is 3.74. The third-order valence-corrected chi connectivity index (χ3v) is 4.98. The number of carbonyl (C=O) groups is 1. The van der Waals surface area contributed by atoms with Crippen LogP contribution in [0.25, 0.3) is 16.5 Å². The minimum atomic E-state index is -0.346. The van der Waals surface area contributed by atoms with E-state index in [0.29, 0.717) is 16.4 Å². The first-order chi connectivity index (χ1) is 14.0. The van der Waals surface area contributed by atoms with Gasteiger partial charge in [-0.25, -0.2) is 4.68 Å². The van der Waals surface area contributed by atoms with E-state index in [1.165, 1.54) is 0 Å². The second-order valence-corrected chi connectivity index (χ2v) is 7.20. The molecule has 0 aliphatic heterocycles. The van der Waals surface area contributed by atoms with Gasteiger partial charge in [0, 0.05) is 37.3 Å². The van der Waals surface area contributed by atoms with Crippen LogP contribution in [0, 0.1) is 6.92 Å². The number of hydrogen-bond donors (Lipinski definition) is 1. The Morgan fingerprint density at radius 3 is 2.72 bits per heavy atom. The highest BCUT2D eigenvalue weighted by Gasteiger charge is 2.20. The normalized spacial score (nSPS) is 10.9. The molecule has 0 aliphatic carbocycles. The van der Waals surface area contributed by atoms with Gasteiger partial charge in [0.05, 0.1) is 27.8 Å². The second-order valence-electron chi connectivity index (χ2n) is 6.79. The molecule has 1 amide bonds. The summed E-state index contributed by atoms with van der Waals surface area (Å²) < 4.78 is 1.67. The van der Waals surface area contributed by atoms with Gasteiger partial charge < -0.3 is 10.2 Å². The van der Waals surface area contributed by atoms with Crippen LogP contribution in [-0.2, 0) is 0 Å². The zero-order chi connectivity index (χ0) is 20.5. The first-order valence-electron chi connectivity index (χ1n) is 9.00. The molecule has 0 atom stereocenters. The van der Waals surface area contributed by atoms with Crippen LogP contribution in [0.4, 0.5) is 11.4 Å². The summed E-state index contributed by atoms with van der Waals surface area (Å²) in [5, 5.41) is 13.8. The number of aromatic nitrogens is 4. The molecule has 4 rings (SSSR count). The number of anilines is 2. The van der Waals surface area contributed by atoms with Gasteiger partial charge in [-0.05, 0) is 31.2 Å². The molecule has 0 radical (unpaired) electrons. The van der Waals surface area contributed by atoms with Gasteiger partial charge in [-0.3, -0.25) is 9.78 Å². The molecule has 0 spiro atoms. The first-order valence-corrected chi connectivity index (χ1v) is 9.38. The topological polar surface area (TPSA) is 75.9 Å². The first kappa shape index (κ1) is 18.9. The van der Waals surface area contributed by atoms with Gasteiger partial charge in [-0.1, -0.05) is 35.0 Å². The Balaban J connectivity index is 1.71. The third-order valence-electron chi connectivity index (χ3n) is 4.68. The Kier molecular flexibility index (Phi) is 4.90. The highest BCUT2D eigenvalue weighted by molar-refractivity contribution is 6.34. The summed E-state index contributed by atoms with van der Waals surface area (Å²) in [5.74, 6) is -0.346. The fourth-order valence-electron chi connectivity index (χ4n) is 3.31. The number of hydrogen-bond acceptors (Lipinski definition) is 5. The van der Waals surface area contributed by atoms with E-state index in [2.05, 4.69) is 20.6 Å². The van der Waals surface area contributed by atoms with Gasteiger partial charge in [-0.15, -0.1) is 5.10 Å². The molecule has 4 aromatic rings. The van der Waals surface area contributed by atoms with E-state index in [1.54, 1.807) is 35.3 Å². The van der Waals surface area contributed by atoms with Crippen LogP contribution < -0.4 is 10.2 Å². The van der Waals surface area contributed by atoms with Crippen molar-refractivity contribution in [3.05, 3.63) is 71.3 Å². The Labute approximate surface area is 172 Å². The number of halogens is 1. The highest BCUT2D eigenvalue weighted by Crippen LogP contribution is 2.33. The molecule has 0 saturated heterocycles. The lowest BCUT2D eigenvalue weighted by molar-refractivity contribution is 0.102. The minimum Gasteiger partial charge on any atom is -0.375 e. The Hall–Kier alpha value is -3.45. The summed E-state index contributed by atoms with van der Waals surface area (Å²) >= 11 is 6.29. The van der Waals surface area contributed by atoms with Crippen molar-refractivity contribution in [2.75, 3.05) is 24.3 Å². The van der Waals surface area contributed by atoms with Crippen LogP contribution in [0.15, 0.2) is 54.9 Å². The number of benzene rings is 2. The lowest BCUT2D eigenvalue weighted by Crippen LogP contribution is -2.18. The molecule has 2 aromatic carbocycles. The van der Waals surface area contributed by atoms with Crippen LogP contribution in [-0.4, -0.2) is 40.0 Å². The van der Waals surface area contributed by atoms with Crippen molar-refractivity contribution in [1.82, 2.24) is 20.0 Å². The molecule has 0 aliphatic rings.